The average Bonchev–Trinajstić information content (AvgIpc) is 3.19. The zero-order valence-electron chi connectivity index (χ0n) is 21.8. The van der Waals surface area contributed by atoms with E-state index in [9.17, 15) is 0 Å². The topological polar surface area (TPSA) is 132 Å². The van der Waals surface area contributed by atoms with Crippen molar-refractivity contribution >= 4 is 47.0 Å². The molecule has 1 spiro atoms. The van der Waals surface area contributed by atoms with E-state index in [1.807, 2.05) is 16.9 Å². The van der Waals surface area contributed by atoms with Gasteiger partial charge in [-0.25, -0.2) is 4.98 Å². The number of nitrogens with one attached hydrogen (secondary N) is 2. The minimum absolute atomic E-state index is 0.0583. The van der Waals surface area contributed by atoms with Gasteiger partial charge in [0.15, 0.2) is 22.9 Å². The van der Waals surface area contributed by atoms with Gasteiger partial charge in [-0.2, -0.15) is 10.1 Å². The van der Waals surface area contributed by atoms with Gasteiger partial charge in [-0.05, 0) is 19.3 Å². The maximum atomic E-state index is 7.78. The maximum absolute atomic E-state index is 7.78. The zero-order chi connectivity index (χ0) is 26.7. The Morgan fingerprint density at radius 1 is 1.37 bits per heavy atom. The Kier molecular flexibility index (Phi) is 5.89. The molecule has 198 valence electrons. The number of quaternary nitrogens is 1. The summed E-state index contributed by atoms with van der Waals surface area (Å²) in [6.45, 7) is 7.37. The number of hydrogen-bond acceptors (Lipinski definition) is 8. The van der Waals surface area contributed by atoms with Gasteiger partial charge >= 0.3 is 0 Å². The molecule has 11 nitrogen and oxygen atoms in total. The molecule has 2 fully saturated rings. The number of rotatable bonds is 6. The first-order valence-electron chi connectivity index (χ1n) is 12.7. The van der Waals surface area contributed by atoms with Crippen LogP contribution in [0.2, 0.25) is 5.02 Å². The van der Waals surface area contributed by atoms with Crippen LogP contribution >= 0.6 is 11.6 Å². The molecule has 0 bridgehead atoms. The number of nitrogens with two attached hydrogens (primary N) is 1. The van der Waals surface area contributed by atoms with Crippen molar-refractivity contribution in [1.82, 2.24) is 24.3 Å². The van der Waals surface area contributed by atoms with Crippen LogP contribution in [0.15, 0.2) is 41.1 Å². The Balaban J connectivity index is 1.33. The monoisotopic (exact) mass is 536 g/mol. The van der Waals surface area contributed by atoms with E-state index in [2.05, 4.69) is 51.8 Å². The molecule has 3 aromatic heterocycles. The van der Waals surface area contributed by atoms with E-state index in [4.69, 9.17) is 31.6 Å². The summed E-state index contributed by atoms with van der Waals surface area (Å²) in [7, 11) is 1.86. The Hall–Kier alpha value is -3.54. The molecular weight excluding hydrogens is 506 g/mol. The number of fused-ring (bicyclic) bond motifs is 1. The first-order chi connectivity index (χ1) is 18.2. The van der Waals surface area contributed by atoms with E-state index >= 15 is 0 Å². The van der Waals surface area contributed by atoms with Crippen LogP contribution in [0.1, 0.15) is 51.8 Å². The molecule has 0 aromatic carbocycles. The molecule has 1 aliphatic carbocycles. The van der Waals surface area contributed by atoms with Crippen LogP contribution in [0.5, 0.6) is 5.75 Å². The summed E-state index contributed by atoms with van der Waals surface area (Å²) in [4.78, 5) is 13.2. The number of allylic oxidation sites excluding steroid dienone is 2. The fourth-order valence-electron chi connectivity index (χ4n) is 5.14. The maximum Gasteiger partial charge on any atom is 0.210 e. The summed E-state index contributed by atoms with van der Waals surface area (Å²) in [6, 6.07) is 2.33. The van der Waals surface area contributed by atoms with E-state index < -0.39 is 0 Å². The SMILES string of the molecule is Cn1c(Nc2cc(C(C)(C)C)n(C3CCOC34CC4)n2)nc2ncc(O/C(C=N)=C3\C=NC=C[NH2+]3)c(Cl)c21. The standard InChI is InChI=1S/C26H30ClN9O2/c1-25(2,3)19-11-20(34-36(19)18-5-10-37-26(18)6-7-26)32-24-33-23-22(35(24)4)21(27)17(14-31-23)38-16(12-28)15-13-29-8-9-30-15/h8-9,11-14,18,28,30H,5-7,10H2,1-4H3,(H,31,32,33,34)/p+1/b16-15+,28-12?. The number of nitrogens with zero attached hydrogens (tertiary/aromatic N) is 6. The van der Waals surface area contributed by atoms with Crippen molar-refractivity contribution in [3.63, 3.8) is 0 Å². The van der Waals surface area contributed by atoms with Gasteiger partial charge in [0, 0.05) is 30.8 Å². The molecule has 38 heavy (non-hydrogen) atoms. The van der Waals surface area contributed by atoms with Crippen molar-refractivity contribution in [3.05, 3.63) is 46.8 Å². The van der Waals surface area contributed by atoms with Crippen molar-refractivity contribution in [2.75, 3.05) is 11.9 Å². The second-order valence-corrected chi connectivity index (χ2v) is 11.3. The molecule has 1 atom stereocenters. The zero-order valence-corrected chi connectivity index (χ0v) is 22.6. The second-order valence-electron chi connectivity index (χ2n) is 10.9. The summed E-state index contributed by atoms with van der Waals surface area (Å²) in [6.07, 6.45) is 10.8. The first-order valence-corrected chi connectivity index (χ1v) is 13.1. The second kappa shape index (κ2) is 9.04. The number of aryl methyl sites for hydroxylation is 1. The smallest absolute Gasteiger partial charge is 0.210 e. The Morgan fingerprint density at radius 2 is 2.18 bits per heavy atom. The van der Waals surface area contributed by atoms with Crippen molar-refractivity contribution in [2.24, 2.45) is 12.0 Å². The molecule has 5 heterocycles. The average molecular weight is 537 g/mol. The van der Waals surface area contributed by atoms with E-state index in [1.54, 1.807) is 18.6 Å². The summed E-state index contributed by atoms with van der Waals surface area (Å²) >= 11 is 6.77. The third-order valence-corrected chi connectivity index (χ3v) is 7.64. The summed E-state index contributed by atoms with van der Waals surface area (Å²) in [5, 5.41) is 18.3. The number of ether oxygens (including phenoxy) is 2. The molecule has 3 aliphatic rings. The van der Waals surface area contributed by atoms with Crippen molar-refractivity contribution in [2.45, 2.75) is 57.1 Å². The number of halogens is 1. The van der Waals surface area contributed by atoms with Crippen LogP contribution in [0, 0.1) is 5.41 Å². The molecule has 4 N–H and O–H groups in total. The molecule has 2 aliphatic heterocycles. The fourth-order valence-corrected chi connectivity index (χ4v) is 5.44. The highest BCUT2D eigenvalue weighted by Gasteiger charge is 2.56. The highest BCUT2D eigenvalue weighted by atomic mass is 35.5. The van der Waals surface area contributed by atoms with Crippen LogP contribution in [0.4, 0.5) is 11.8 Å². The Bertz CT molecular complexity index is 1520. The largest absolute Gasteiger partial charge is 0.446 e. The summed E-state index contributed by atoms with van der Waals surface area (Å²) in [5.41, 5.74) is 2.75. The third-order valence-electron chi connectivity index (χ3n) is 7.27. The third kappa shape index (κ3) is 4.20. The molecular formula is C26H31ClN9O2+. The van der Waals surface area contributed by atoms with E-state index in [-0.39, 0.29) is 17.1 Å². The van der Waals surface area contributed by atoms with Gasteiger partial charge in [0.2, 0.25) is 11.7 Å². The number of hydrogen-bond donors (Lipinski definition) is 3. The molecule has 1 saturated carbocycles. The lowest BCUT2D eigenvalue weighted by Gasteiger charge is -2.26. The minimum Gasteiger partial charge on any atom is -0.446 e. The number of pyridine rings is 1. The van der Waals surface area contributed by atoms with Gasteiger partial charge in [-0.1, -0.05) is 32.4 Å². The van der Waals surface area contributed by atoms with Crippen molar-refractivity contribution < 1.29 is 14.8 Å². The summed E-state index contributed by atoms with van der Waals surface area (Å²) < 4.78 is 16.1. The van der Waals surface area contributed by atoms with E-state index in [0.29, 0.717) is 45.2 Å². The van der Waals surface area contributed by atoms with Gasteiger partial charge < -0.3 is 24.8 Å². The fraction of sp³-hybridized carbons (Fsp3) is 0.423. The van der Waals surface area contributed by atoms with Gasteiger partial charge in [-0.15, -0.1) is 0 Å². The van der Waals surface area contributed by atoms with Crippen LogP contribution in [0.25, 0.3) is 11.2 Å². The molecule has 1 unspecified atom stereocenters. The highest BCUT2D eigenvalue weighted by Crippen LogP contribution is 2.54. The predicted molar refractivity (Wildman–Crippen MR) is 145 cm³/mol. The highest BCUT2D eigenvalue weighted by molar-refractivity contribution is 6.36. The predicted octanol–water partition coefficient (Wildman–Crippen LogP) is 3.71. The molecule has 1 saturated heterocycles. The van der Waals surface area contributed by atoms with E-state index in [1.165, 1.54) is 6.20 Å². The number of imidazole rings is 1. The Morgan fingerprint density at radius 3 is 2.87 bits per heavy atom. The molecule has 12 heteroatoms. The van der Waals surface area contributed by atoms with Gasteiger partial charge in [0.05, 0.1) is 36.5 Å². The van der Waals surface area contributed by atoms with Crippen molar-refractivity contribution in [3.8, 4) is 5.75 Å². The number of aromatic nitrogens is 5. The summed E-state index contributed by atoms with van der Waals surface area (Å²) in [5.74, 6) is 1.90. The number of anilines is 2. The molecule has 0 radical (unpaired) electrons. The van der Waals surface area contributed by atoms with Crippen LogP contribution in [-0.4, -0.2) is 49.0 Å². The lowest BCUT2D eigenvalue weighted by Crippen LogP contribution is -2.77. The molecule has 6 rings (SSSR count). The minimum atomic E-state index is -0.0909. The quantitative estimate of drug-likeness (QED) is 0.325. The van der Waals surface area contributed by atoms with Crippen LogP contribution in [-0.2, 0) is 17.2 Å². The first kappa shape index (κ1) is 24.8. The Labute approximate surface area is 225 Å². The van der Waals surface area contributed by atoms with Gasteiger partial charge in [0.1, 0.15) is 16.7 Å². The van der Waals surface area contributed by atoms with Crippen molar-refractivity contribution in [1.29, 1.82) is 5.41 Å². The molecule has 3 aromatic rings. The van der Waals surface area contributed by atoms with Crippen LogP contribution < -0.4 is 15.4 Å². The van der Waals surface area contributed by atoms with Gasteiger partial charge in [0.25, 0.3) is 0 Å². The normalized spacial score (nSPS) is 21.3. The lowest BCUT2D eigenvalue weighted by atomic mass is 9.91. The lowest BCUT2D eigenvalue weighted by molar-refractivity contribution is -0.528. The van der Waals surface area contributed by atoms with E-state index in [0.717, 1.165) is 37.8 Å². The van der Waals surface area contributed by atoms with Crippen LogP contribution in [0.3, 0.4) is 0 Å². The van der Waals surface area contributed by atoms with Gasteiger partial charge in [-0.3, -0.25) is 15.0 Å². The molecule has 0 amide bonds. The number of aliphatic imine (C=N–C) groups is 1.